The van der Waals surface area contributed by atoms with Crippen LogP contribution in [0.5, 0.6) is 5.88 Å². The van der Waals surface area contributed by atoms with Crippen LogP contribution in [0.1, 0.15) is 47.9 Å². The van der Waals surface area contributed by atoms with Gasteiger partial charge < -0.3 is 9.84 Å². The Kier molecular flexibility index (Phi) is 6.88. The molecule has 0 spiro atoms. The van der Waals surface area contributed by atoms with E-state index < -0.39 is 17.2 Å². The largest absolute Gasteiger partial charge is 0.471 e. The van der Waals surface area contributed by atoms with Gasteiger partial charge >= 0.3 is 0 Å². The molecular formula is C27H27F2N5O3. The van der Waals surface area contributed by atoms with E-state index in [0.717, 1.165) is 29.0 Å². The Morgan fingerprint density at radius 2 is 1.73 bits per heavy atom. The first-order chi connectivity index (χ1) is 17.4. The minimum atomic E-state index is -1.22. The second-order valence-corrected chi connectivity index (χ2v) is 9.39. The van der Waals surface area contributed by atoms with Crippen LogP contribution in [0.3, 0.4) is 0 Å². The minimum Gasteiger partial charge on any atom is -0.471 e. The molecule has 37 heavy (non-hydrogen) atoms. The van der Waals surface area contributed by atoms with Gasteiger partial charge in [0.1, 0.15) is 29.5 Å². The molecule has 4 rings (SSSR count). The molecule has 1 aromatic carbocycles. The average molecular weight is 508 g/mol. The van der Waals surface area contributed by atoms with Crippen molar-refractivity contribution in [3.63, 3.8) is 0 Å². The van der Waals surface area contributed by atoms with E-state index in [1.807, 2.05) is 32.0 Å². The van der Waals surface area contributed by atoms with Gasteiger partial charge in [0.05, 0.1) is 23.1 Å². The number of hydrogen-bond donors (Lipinski definition) is 1. The molecule has 0 aliphatic rings. The predicted molar refractivity (Wildman–Crippen MR) is 134 cm³/mol. The highest BCUT2D eigenvalue weighted by atomic mass is 19.1. The molecule has 0 radical (unpaired) electrons. The molecule has 4 aromatic rings. The smallest absolute Gasteiger partial charge is 0.264 e. The molecule has 8 nitrogen and oxygen atoms in total. The lowest BCUT2D eigenvalue weighted by Gasteiger charge is -2.19. The van der Waals surface area contributed by atoms with Crippen molar-refractivity contribution < 1.29 is 18.6 Å². The zero-order chi connectivity index (χ0) is 27.1. The van der Waals surface area contributed by atoms with Crippen molar-refractivity contribution in [1.29, 1.82) is 0 Å². The van der Waals surface area contributed by atoms with Crippen LogP contribution in [0.4, 0.5) is 8.78 Å². The van der Waals surface area contributed by atoms with Gasteiger partial charge in [0.2, 0.25) is 5.88 Å². The maximum atomic E-state index is 13.9. The molecule has 0 bridgehead atoms. The summed E-state index contributed by atoms with van der Waals surface area (Å²) < 4.78 is 34.1. The van der Waals surface area contributed by atoms with Gasteiger partial charge in [-0.1, -0.05) is 12.1 Å². The van der Waals surface area contributed by atoms with Gasteiger partial charge in [0.25, 0.3) is 5.56 Å². The zero-order valence-electron chi connectivity index (χ0n) is 21.4. The van der Waals surface area contributed by atoms with Crippen LogP contribution in [0.2, 0.25) is 0 Å². The number of aryl methyl sites for hydroxylation is 3. The molecule has 0 aliphatic heterocycles. The summed E-state index contributed by atoms with van der Waals surface area (Å²) in [6.45, 7) is 9.90. The number of aromatic nitrogens is 5. The van der Waals surface area contributed by atoms with Gasteiger partial charge in [-0.2, -0.15) is 4.98 Å². The van der Waals surface area contributed by atoms with Crippen molar-refractivity contribution in [2.45, 2.75) is 53.8 Å². The molecule has 0 atom stereocenters. The number of aliphatic hydroxyl groups is 1. The van der Waals surface area contributed by atoms with Crippen LogP contribution in [-0.4, -0.2) is 29.6 Å². The summed E-state index contributed by atoms with van der Waals surface area (Å²) in [4.78, 5) is 30.4. The molecule has 3 heterocycles. The molecule has 1 N–H and O–H groups in total. The Bertz CT molecular complexity index is 1560. The van der Waals surface area contributed by atoms with Gasteiger partial charge in [-0.05, 0) is 58.7 Å². The van der Waals surface area contributed by atoms with Crippen molar-refractivity contribution in [2.75, 3.05) is 0 Å². The maximum Gasteiger partial charge on any atom is 0.264 e. The number of nitrogens with zero attached hydrogens (tertiary/aromatic N) is 5. The highest BCUT2D eigenvalue weighted by Crippen LogP contribution is 2.28. The van der Waals surface area contributed by atoms with E-state index in [9.17, 15) is 18.7 Å². The van der Waals surface area contributed by atoms with Crippen LogP contribution < -0.4 is 10.3 Å². The van der Waals surface area contributed by atoms with E-state index in [1.165, 1.54) is 4.57 Å². The molecule has 0 fully saturated rings. The Morgan fingerprint density at radius 1 is 1.00 bits per heavy atom. The van der Waals surface area contributed by atoms with Crippen LogP contribution in [0.15, 0.2) is 41.5 Å². The molecule has 192 valence electrons. The van der Waals surface area contributed by atoms with E-state index in [4.69, 9.17) is 4.74 Å². The number of pyridine rings is 1. The van der Waals surface area contributed by atoms with Gasteiger partial charge in [0, 0.05) is 17.8 Å². The number of rotatable bonds is 6. The van der Waals surface area contributed by atoms with Crippen molar-refractivity contribution in [1.82, 2.24) is 24.5 Å². The first kappa shape index (κ1) is 26.0. The summed E-state index contributed by atoms with van der Waals surface area (Å²) in [6.07, 6.45) is 2.55. The summed E-state index contributed by atoms with van der Waals surface area (Å²) in [7, 11) is 0. The summed E-state index contributed by atoms with van der Waals surface area (Å²) >= 11 is 0. The highest BCUT2D eigenvalue weighted by molar-refractivity contribution is 5.67. The quantitative estimate of drug-likeness (QED) is 0.413. The lowest BCUT2D eigenvalue weighted by atomic mass is 10.0. The van der Waals surface area contributed by atoms with E-state index in [0.29, 0.717) is 17.2 Å². The number of benzene rings is 1. The van der Waals surface area contributed by atoms with E-state index in [-0.39, 0.29) is 35.1 Å². The molecule has 0 amide bonds. The first-order valence-electron chi connectivity index (χ1n) is 11.6. The standard InChI is InChI=1S/C27H27F2N5O3/c1-14-7-8-18(23-15(2)11-31-26(33-23)27(5,6)36)9-22(14)34-17(4)32-24(16(3)25(34)35)37-13-21-20(29)10-19(28)12-30-21/h7-12,36H,13H2,1-6H3. The van der Waals surface area contributed by atoms with Gasteiger partial charge in [-0.3, -0.25) is 14.3 Å². The molecular weight excluding hydrogens is 480 g/mol. The molecule has 3 aromatic heterocycles. The van der Waals surface area contributed by atoms with Crippen LogP contribution in [0, 0.1) is 39.3 Å². The van der Waals surface area contributed by atoms with Crippen LogP contribution in [-0.2, 0) is 12.2 Å². The van der Waals surface area contributed by atoms with Crippen molar-refractivity contribution in [3.8, 4) is 22.8 Å². The average Bonchev–Trinajstić information content (AvgIpc) is 2.82. The lowest BCUT2D eigenvalue weighted by molar-refractivity contribution is 0.0688. The second kappa shape index (κ2) is 9.78. The number of ether oxygens (including phenoxy) is 1. The van der Waals surface area contributed by atoms with Gasteiger partial charge in [-0.25, -0.2) is 18.7 Å². The third-order valence-electron chi connectivity index (χ3n) is 5.90. The lowest BCUT2D eigenvalue weighted by Crippen LogP contribution is -2.26. The van der Waals surface area contributed by atoms with Gasteiger partial charge in [-0.15, -0.1) is 0 Å². The van der Waals surface area contributed by atoms with Gasteiger partial charge in [0.15, 0.2) is 11.6 Å². The summed E-state index contributed by atoms with van der Waals surface area (Å²) in [6, 6.07) is 6.33. The molecule has 10 heteroatoms. The van der Waals surface area contributed by atoms with Crippen LogP contribution >= 0.6 is 0 Å². The fraction of sp³-hybridized carbons (Fsp3) is 0.296. The van der Waals surface area contributed by atoms with E-state index in [1.54, 1.807) is 33.9 Å². The predicted octanol–water partition coefficient (Wildman–Crippen LogP) is 4.40. The topological polar surface area (TPSA) is 103 Å². The summed E-state index contributed by atoms with van der Waals surface area (Å²) in [5.74, 6) is -0.952. The summed E-state index contributed by atoms with van der Waals surface area (Å²) in [5, 5.41) is 10.4. The highest BCUT2D eigenvalue weighted by Gasteiger charge is 2.22. The van der Waals surface area contributed by atoms with Crippen molar-refractivity contribution in [2.24, 2.45) is 0 Å². The fourth-order valence-corrected chi connectivity index (χ4v) is 3.82. The second-order valence-electron chi connectivity index (χ2n) is 9.39. The Balaban J connectivity index is 1.75. The Morgan fingerprint density at radius 3 is 2.41 bits per heavy atom. The number of halogens is 2. The third kappa shape index (κ3) is 5.24. The molecule has 0 unspecified atom stereocenters. The normalized spacial score (nSPS) is 11.6. The van der Waals surface area contributed by atoms with E-state index in [2.05, 4.69) is 19.9 Å². The third-order valence-corrected chi connectivity index (χ3v) is 5.90. The monoisotopic (exact) mass is 507 g/mol. The SMILES string of the molecule is Cc1ccc(-c2nc(C(C)(C)O)ncc2C)cc1-n1c(C)nc(OCc2ncc(F)cc2F)c(C)c1=O. The van der Waals surface area contributed by atoms with E-state index >= 15 is 0 Å². The maximum absolute atomic E-state index is 13.9. The van der Waals surface area contributed by atoms with Crippen LogP contribution in [0.25, 0.3) is 16.9 Å². The number of hydrogen-bond acceptors (Lipinski definition) is 7. The Hall–Kier alpha value is -4.05. The minimum absolute atomic E-state index is 0.0412. The molecule has 0 aliphatic carbocycles. The zero-order valence-corrected chi connectivity index (χ0v) is 21.4. The molecule has 0 saturated heterocycles. The summed E-state index contributed by atoms with van der Waals surface area (Å²) in [5.41, 5.74) is 2.18. The first-order valence-corrected chi connectivity index (χ1v) is 11.6. The van der Waals surface area contributed by atoms with Crippen molar-refractivity contribution in [3.05, 3.63) is 92.7 Å². The van der Waals surface area contributed by atoms with Crippen molar-refractivity contribution >= 4 is 0 Å². The molecule has 0 saturated carbocycles. The Labute approximate surface area is 212 Å². The fourth-order valence-electron chi connectivity index (χ4n) is 3.82.